The van der Waals surface area contributed by atoms with Crippen molar-refractivity contribution >= 4 is 28.0 Å². The number of halogens is 1. The third kappa shape index (κ3) is 2.58. The van der Waals surface area contributed by atoms with Crippen molar-refractivity contribution in [2.45, 2.75) is 20.3 Å². The van der Waals surface area contributed by atoms with Gasteiger partial charge in [-0.25, -0.2) is 0 Å². The van der Waals surface area contributed by atoms with E-state index in [-0.39, 0.29) is 0 Å². The molecule has 0 heterocycles. The molecule has 0 aliphatic carbocycles. The lowest BCUT2D eigenvalue weighted by atomic mass is 10.0. The van der Waals surface area contributed by atoms with Gasteiger partial charge in [-0.1, -0.05) is 22.0 Å². The Morgan fingerprint density at radius 1 is 1.36 bits per heavy atom. The van der Waals surface area contributed by atoms with Crippen LogP contribution in [0.4, 0.5) is 5.69 Å². The van der Waals surface area contributed by atoms with Gasteiger partial charge < -0.3 is 5.32 Å². The van der Waals surface area contributed by atoms with Crippen molar-refractivity contribution in [2.24, 2.45) is 0 Å². The zero-order valence-corrected chi connectivity index (χ0v) is 10.0. The number of rotatable bonds is 4. The van der Waals surface area contributed by atoms with Crippen LogP contribution >= 0.6 is 15.9 Å². The molecule has 1 rings (SSSR count). The largest absolute Gasteiger partial charge is 0.328 e. The lowest BCUT2D eigenvalue weighted by Crippen LogP contribution is -2.00. The van der Waals surface area contributed by atoms with Gasteiger partial charge in [-0.15, -0.1) is 0 Å². The molecule has 0 bridgehead atoms. The number of benzene rings is 1. The summed E-state index contributed by atoms with van der Waals surface area (Å²) in [6.45, 7) is 4.07. The number of aryl methyl sites for hydroxylation is 3. The Balaban J connectivity index is 3.03. The molecule has 0 atom stereocenters. The van der Waals surface area contributed by atoms with E-state index in [1.165, 1.54) is 11.1 Å². The Morgan fingerprint density at radius 2 is 2.07 bits per heavy atom. The third-order valence-electron chi connectivity index (χ3n) is 2.26. The van der Waals surface area contributed by atoms with Gasteiger partial charge in [0.05, 0.1) is 0 Å². The highest BCUT2D eigenvalue weighted by molar-refractivity contribution is 9.09. The summed E-state index contributed by atoms with van der Waals surface area (Å²) in [5.41, 5.74) is 4.56. The molecule has 0 spiro atoms. The number of carbonyl (C=O) groups is 1. The third-order valence-corrected chi connectivity index (χ3v) is 2.66. The molecule has 1 aromatic rings. The van der Waals surface area contributed by atoms with E-state index in [0.29, 0.717) is 6.41 Å². The Labute approximate surface area is 92.8 Å². The second-order valence-electron chi connectivity index (χ2n) is 3.29. The summed E-state index contributed by atoms with van der Waals surface area (Å²) in [4.78, 5) is 10.3. The molecule has 1 N–H and O–H groups in total. The summed E-state index contributed by atoms with van der Waals surface area (Å²) < 4.78 is 0. The Kier molecular flexibility index (Phi) is 4.14. The van der Waals surface area contributed by atoms with Gasteiger partial charge in [0.2, 0.25) is 6.41 Å². The first kappa shape index (κ1) is 11.2. The minimum atomic E-state index is 0.714. The predicted octanol–water partition coefficient (Wildman–Crippen LogP) is 2.81. The first-order chi connectivity index (χ1) is 6.69. The molecule has 76 valence electrons. The van der Waals surface area contributed by atoms with Crippen LogP contribution < -0.4 is 5.32 Å². The molecular weight excluding hydrogens is 242 g/mol. The number of amides is 1. The van der Waals surface area contributed by atoms with E-state index in [4.69, 9.17) is 0 Å². The van der Waals surface area contributed by atoms with E-state index in [1.807, 2.05) is 13.0 Å². The van der Waals surface area contributed by atoms with E-state index in [9.17, 15) is 4.79 Å². The molecule has 0 saturated carbocycles. The van der Waals surface area contributed by atoms with Crippen molar-refractivity contribution in [1.82, 2.24) is 0 Å². The smallest absolute Gasteiger partial charge is 0.211 e. The molecule has 1 amide bonds. The summed E-state index contributed by atoms with van der Waals surface area (Å²) in [5.74, 6) is 0. The SMILES string of the molecule is Cc1cc(NC=O)c(C)cc1CCBr. The van der Waals surface area contributed by atoms with Crippen molar-refractivity contribution in [3.63, 3.8) is 0 Å². The normalized spacial score (nSPS) is 9.93. The minimum absolute atomic E-state index is 0.714. The molecule has 14 heavy (non-hydrogen) atoms. The molecule has 0 saturated heterocycles. The van der Waals surface area contributed by atoms with Gasteiger partial charge in [-0.3, -0.25) is 4.79 Å². The molecule has 0 aliphatic rings. The van der Waals surface area contributed by atoms with E-state index >= 15 is 0 Å². The van der Waals surface area contributed by atoms with Crippen LogP contribution in [0.5, 0.6) is 0 Å². The predicted molar refractivity (Wildman–Crippen MR) is 63.1 cm³/mol. The first-order valence-electron chi connectivity index (χ1n) is 4.55. The van der Waals surface area contributed by atoms with Crippen molar-refractivity contribution in [3.05, 3.63) is 28.8 Å². The summed E-state index contributed by atoms with van der Waals surface area (Å²) in [6.07, 6.45) is 1.74. The quantitative estimate of drug-likeness (QED) is 0.651. The van der Waals surface area contributed by atoms with Gasteiger partial charge in [0.1, 0.15) is 0 Å². The Morgan fingerprint density at radius 3 is 2.64 bits per heavy atom. The number of anilines is 1. The van der Waals surface area contributed by atoms with E-state index in [0.717, 1.165) is 23.0 Å². The highest BCUT2D eigenvalue weighted by Crippen LogP contribution is 2.20. The summed E-state index contributed by atoms with van der Waals surface area (Å²) in [6, 6.07) is 4.14. The highest BCUT2D eigenvalue weighted by Gasteiger charge is 2.03. The number of alkyl halides is 1. The molecule has 0 aromatic heterocycles. The van der Waals surface area contributed by atoms with E-state index in [2.05, 4.69) is 34.2 Å². The van der Waals surface area contributed by atoms with E-state index < -0.39 is 0 Å². The standard InChI is InChI=1S/C11H14BrNO/c1-8-6-11(13-7-14)9(2)5-10(8)3-4-12/h5-7H,3-4H2,1-2H3,(H,13,14). The second-order valence-corrected chi connectivity index (χ2v) is 4.09. The maximum Gasteiger partial charge on any atom is 0.211 e. The topological polar surface area (TPSA) is 29.1 Å². The molecule has 0 unspecified atom stereocenters. The molecule has 0 radical (unpaired) electrons. The molecule has 0 fully saturated rings. The van der Waals surface area contributed by atoms with E-state index in [1.54, 1.807) is 0 Å². The van der Waals surface area contributed by atoms with Crippen LogP contribution in [0.15, 0.2) is 12.1 Å². The fraction of sp³-hybridized carbons (Fsp3) is 0.364. The molecule has 0 aliphatic heterocycles. The van der Waals surface area contributed by atoms with Gasteiger partial charge >= 0.3 is 0 Å². The fourth-order valence-electron chi connectivity index (χ4n) is 1.47. The maximum absolute atomic E-state index is 10.3. The number of nitrogens with one attached hydrogen (secondary N) is 1. The van der Waals surface area contributed by atoms with Gasteiger partial charge in [-0.05, 0) is 43.0 Å². The Bertz CT molecular complexity index is 336. The zero-order chi connectivity index (χ0) is 10.6. The number of hydrogen-bond acceptors (Lipinski definition) is 1. The van der Waals surface area contributed by atoms with Crippen molar-refractivity contribution in [1.29, 1.82) is 0 Å². The zero-order valence-electron chi connectivity index (χ0n) is 8.43. The summed E-state index contributed by atoms with van der Waals surface area (Å²) >= 11 is 3.42. The van der Waals surface area contributed by atoms with Crippen molar-refractivity contribution in [3.8, 4) is 0 Å². The van der Waals surface area contributed by atoms with Crippen LogP contribution in [0.2, 0.25) is 0 Å². The van der Waals surface area contributed by atoms with Crippen LogP contribution in [-0.2, 0) is 11.2 Å². The van der Waals surface area contributed by atoms with Crippen molar-refractivity contribution in [2.75, 3.05) is 10.6 Å². The van der Waals surface area contributed by atoms with Gasteiger partial charge in [-0.2, -0.15) is 0 Å². The minimum Gasteiger partial charge on any atom is -0.328 e. The van der Waals surface area contributed by atoms with Crippen LogP contribution in [0, 0.1) is 13.8 Å². The molecule has 2 nitrogen and oxygen atoms in total. The Hall–Kier alpha value is -0.830. The fourth-order valence-corrected chi connectivity index (χ4v) is 1.89. The van der Waals surface area contributed by atoms with Gasteiger partial charge in [0, 0.05) is 11.0 Å². The van der Waals surface area contributed by atoms with Gasteiger partial charge in [0.15, 0.2) is 0 Å². The van der Waals surface area contributed by atoms with Crippen LogP contribution in [-0.4, -0.2) is 11.7 Å². The average Bonchev–Trinajstić information content (AvgIpc) is 2.14. The van der Waals surface area contributed by atoms with Crippen LogP contribution in [0.1, 0.15) is 16.7 Å². The molecule has 3 heteroatoms. The lowest BCUT2D eigenvalue weighted by Gasteiger charge is -2.10. The highest BCUT2D eigenvalue weighted by atomic mass is 79.9. The van der Waals surface area contributed by atoms with Gasteiger partial charge in [0.25, 0.3) is 0 Å². The summed E-state index contributed by atoms with van der Waals surface area (Å²) in [7, 11) is 0. The number of carbonyl (C=O) groups excluding carboxylic acids is 1. The first-order valence-corrected chi connectivity index (χ1v) is 5.67. The maximum atomic E-state index is 10.3. The van der Waals surface area contributed by atoms with Crippen molar-refractivity contribution < 1.29 is 4.79 Å². The van der Waals surface area contributed by atoms with Crippen LogP contribution in [0.3, 0.4) is 0 Å². The summed E-state index contributed by atoms with van der Waals surface area (Å²) in [5, 5.41) is 3.66. The number of hydrogen-bond donors (Lipinski definition) is 1. The molecule has 1 aromatic carbocycles. The molecular formula is C11H14BrNO. The average molecular weight is 256 g/mol. The second kappa shape index (κ2) is 5.15. The lowest BCUT2D eigenvalue weighted by molar-refractivity contribution is -0.105. The monoisotopic (exact) mass is 255 g/mol. The van der Waals surface area contributed by atoms with Crippen LogP contribution in [0.25, 0.3) is 0 Å².